The van der Waals surface area contributed by atoms with E-state index >= 15 is 0 Å². The summed E-state index contributed by atoms with van der Waals surface area (Å²) >= 11 is 0. The average Bonchev–Trinajstić information content (AvgIpc) is 2.26. The molecule has 0 atom stereocenters. The summed E-state index contributed by atoms with van der Waals surface area (Å²) in [6.45, 7) is 0.421. The number of amides is 1. The molecule has 1 aliphatic heterocycles. The molecule has 1 heterocycles. The van der Waals surface area contributed by atoms with Crippen LogP contribution in [0.25, 0.3) is 0 Å². The third kappa shape index (κ3) is 1.97. The third-order valence-corrected chi connectivity index (χ3v) is 1.96. The Labute approximate surface area is 86.2 Å². The molecular weight excluding hydrogens is 194 g/mol. The van der Waals surface area contributed by atoms with Gasteiger partial charge in [-0.1, -0.05) is 5.92 Å². The van der Waals surface area contributed by atoms with Gasteiger partial charge in [-0.25, -0.2) is 4.79 Å². The maximum absolute atomic E-state index is 10.9. The highest BCUT2D eigenvalue weighted by atomic mass is 16.6. The fourth-order valence-electron chi connectivity index (χ4n) is 1.31. The van der Waals surface area contributed by atoms with Crippen LogP contribution < -0.4 is 10.1 Å². The lowest BCUT2D eigenvalue weighted by atomic mass is 10.1. The summed E-state index contributed by atoms with van der Waals surface area (Å²) in [4.78, 5) is 20.9. The molecule has 1 amide bonds. The molecule has 0 saturated carbocycles. The molecule has 1 N–H and O–H groups in total. The van der Waals surface area contributed by atoms with Crippen molar-refractivity contribution in [1.29, 1.82) is 0 Å². The van der Waals surface area contributed by atoms with Crippen LogP contribution in [0.15, 0.2) is 18.2 Å². The van der Waals surface area contributed by atoms with E-state index in [1.54, 1.807) is 18.2 Å². The third-order valence-electron chi connectivity index (χ3n) is 1.96. The standard InChI is InChI=1S/C11H7NO3/c13-5-1-2-8-3-4-10-9(6-8)7-12-11(14)15-10/h3-6H,7H2,(H,12,14). The SMILES string of the molecule is O=CC#Cc1ccc2c(c1)CNC(=O)O2. The number of rotatable bonds is 0. The molecule has 0 aromatic heterocycles. The average molecular weight is 201 g/mol. The molecule has 15 heavy (non-hydrogen) atoms. The molecule has 2 rings (SSSR count). The van der Waals surface area contributed by atoms with Gasteiger partial charge < -0.3 is 10.1 Å². The smallest absolute Gasteiger partial charge is 0.410 e. The maximum atomic E-state index is 10.9. The number of nitrogens with one attached hydrogen (secondary N) is 1. The van der Waals surface area contributed by atoms with E-state index in [-0.39, 0.29) is 0 Å². The summed E-state index contributed by atoms with van der Waals surface area (Å²) < 4.78 is 4.92. The molecule has 0 radical (unpaired) electrons. The predicted octanol–water partition coefficient (Wildman–Crippen LogP) is 0.839. The molecule has 0 fully saturated rings. The van der Waals surface area contributed by atoms with E-state index in [1.807, 2.05) is 0 Å². The number of fused-ring (bicyclic) bond motifs is 1. The highest BCUT2D eigenvalue weighted by molar-refractivity contribution is 5.75. The van der Waals surface area contributed by atoms with Gasteiger partial charge in [0.15, 0.2) is 6.29 Å². The number of hydrogen-bond donors (Lipinski definition) is 1. The minimum Gasteiger partial charge on any atom is -0.410 e. The van der Waals surface area contributed by atoms with E-state index in [4.69, 9.17) is 4.74 Å². The molecule has 0 saturated heterocycles. The molecular formula is C11H7NO3. The topological polar surface area (TPSA) is 55.4 Å². The second-order valence-corrected chi connectivity index (χ2v) is 2.95. The first-order valence-electron chi connectivity index (χ1n) is 4.33. The summed E-state index contributed by atoms with van der Waals surface area (Å²) in [5.41, 5.74) is 1.58. The van der Waals surface area contributed by atoms with Crippen molar-refractivity contribution in [1.82, 2.24) is 5.32 Å². The van der Waals surface area contributed by atoms with Gasteiger partial charge in [-0.05, 0) is 24.1 Å². The molecule has 0 bridgehead atoms. The van der Waals surface area contributed by atoms with Crippen LogP contribution in [0.5, 0.6) is 5.75 Å². The molecule has 0 aliphatic carbocycles. The summed E-state index contributed by atoms with van der Waals surface area (Å²) in [6.07, 6.45) is 0.0896. The van der Waals surface area contributed by atoms with Crippen molar-refractivity contribution < 1.29 is 14.3 Å². The Morgan fingerprint density at radius 1 is 1.47 bits per heavy atom. The maximum Gasteiger partial charge on any atom is 0.412 e. The van der Waals surface area contributed by atoms with Gasteiger partial charge >= 0.3 is 6.09 Å². The normalized spacial score (nSPS) is 12.7. The molecule has 1 aromatic rings. The fraction of sp³-hybridized carbons (Fsp3) is 0.0909. The predicted molar refractivity (Wildman–Crippen MR) is 52.2 cm³/mol. The van der Waals surface area contributed by atoms with Crippen molar-refractivity contribution in [3.05, 3.63) is 29.3 Å². The number of aldehydes is 1. The first kappa shape index (κ1) is 9.28. The number of benzene rings is 1. The number of hydrogen-bond acceptors (Lipinski definition) is 3. The quantitative estimate of drug-likeness (QED) is 0.500. The van der Waals surface area contributed by atoms with E-state index in [2.05, 4.69) is 17.2 Å². The van der Waals surface area contributed by atoms with Crippen LogP contribution in [0.1, 0.15) is 11.1 Å². The van der Waals surface area contributed by atoms with E-state index < -0.39 is 6.09 Å². The van der Waals surface area contributed by atoms with Crippen molar-refractivity contribution in [3.63, 3.8) is 0 Å². The van der Waals surface area contributed by atoms with Gasteiger partial charge in [0, 0.05) is 17.7 Å². The molecule has 4 nitrogen and oxygen atoms in total. The second-order valence-electron chi connectivity index (χ2n) is 2.95. The van der Waals surface area contributed by atoms with E-state index in [0.29, 0.717) is 18.6 Å². The van der Waals surface area contributed by atoms with Crippen LogP contribution >= 0.6 is 0 Å². The van der Waals surface area contributed by atoms with Gasteiger partial charge in [0.2, 0.25) is 0 Å². The summed E-state index contributed by atoms with van der Waals surface area (Å²) in [5.74, 6) is 5.53. The van der Waals surface area contributed by atoms with Gasteiger partial charge in [0.25, 0.3) is 0 Å². The summed E-state index contributed by atoms with van der Waals surface area (Å²) in [5, 5.41) is 2.54. The lowest BCUT2D eigenvalue weighted by molar-refractivity contribution is -0.103. The van der Waals surface area contributed by atoms with Gasteiger partial charge in [-0.3, -0.25) is 4.79 Å². The van der Waals surface area contributed by atoms with E-state index in [0.717, 1.165) is 11.1 Å². The van der Waals surface area contributed by atoms with Gasteiger partial charge in [0.05, 0.1) is 0 Å². The zero-order chi connectivity index (χ0) is 10.7. The molecule has 0 unspecified atom stereocenters. The van der Waals surface area contributed by atoms with E-state index in [9.17, 15) is 9.59 Å². The lowest BCUT2D eigenvalue weighted by Gasteiger charge is -2.16. The molecule has 0 spiro atoms. The van der Waals surface area contributed by atoms with Crippen molar-refractivity contribution in [3.8, 4) is 17.6 Å². The van der Waals surface area contributed by atoms with Crippen LogP contribution in [-0.4, -0.2) is 12.4 Å². The Hall–Kier alpha value is -2.28. The first-order chi connectivity index (χ1) is 7.29. The second kappa shape index (κ2) is 3.84. The number of ether oxygens (including phenoxy) is 1. The van der Waals surface area contributed by atoms with Crippen LogP contribution in [0, 0.1) is 11.8 Å². The Bertz CT molecular complexity index is 482. The Balaban J connectivity index is 2.34. The van der Waals surface area contributed by atoms with Gasteiger partial charge in [-0.2, -0.15) is 0 Å². The fourth-order valence-corrected chi connectivity index (χ4v) is 1.31. The van der Waals surface area contributed by atoms with Crippen molar-refractivity contribution >= 4 is 12.4 Å². The molecule has 74 valence electrons. The molecule has 1 aromatic carbocycles. The van der Waals surface area contributed by atoms with Crippen molar-refractivity contribution in [2.75, 3.05) is 0 Å². The van der Waals surface area contributed by atoms with E-state index in [1.165, 1.54) is 0 Å². The largest absolute Gasteiger partial charge is 0.412 e. The van der Waals surface area contributed by atoms with Gasteiger partial charge in [0.1, 0.15) is 5.75 Å². The Morgan fingerprint density at radius 2 is 2.33 bits per heavy atom. The van der Waals surface area contributed by atoms with Crippen LogP contribution in [-0.2, 0) is 11.3 Å². The zero-order valence-electron chi connectivity index (χ0n) is 7.74. The highest BCUT2D eigenvalue weighted by Gasteiger charge is 2.15. The van der Waals surface area contributed by atoms with Crippen LogP contribution in [0.4, 0.5) is 4.79 Å². The lowest BCUT2D eigenvalue weighted by Crippen LogP contribution is -2.31. The number of carbonyl (C=O) groups excluding carboxylic acids is 2. The van der Waals surface area contributed by atoms with Crippen molar-refractivity contribution in [2.24, 2.45) is 0 Å². The van der Waals surface area contributed by atoms with Gasteiger partial charge in [-0.15, -0.1) is 0 Å². The van der Waals surface area contributed by atoms with Crippen LogP contribution in [0.2, 0.25) is 0 Å². The highest BCUT2D eigenvalue weighted by Crippen LogP contribution is 2.22. The Morgan fingerprint density at radius 3 is 3.13 bits per heavy atom. The van der Waals surface area contributed by atoms with Crippen molar-refractivity contribution in [2.45, 2.75) is 6.54 Å². The number of carbonyl (C=O) groups is 2. The molecule has 1 aliphatic rings. The first-order valence-corrected chi connectivity index (χ1v) is 4.33. The molecule has 4 heteroatoms. The summed E-state index contributed by atoms with van der Waals surface area (Å²) in [7, 11) is 0. The Kier molecular flexibility index (Phi) is 2.38. The monoisotopic (exact) mass is 201 g/mol. The van der Waals surface area contributed by atoms with Crippen LogP contribution in [0.3, 0.4) is 0 Å². The summed E-state index contributed by atoms with van der Waals surface area (Å²) in [6, 6.07) is 5.15. The minimum absolute atomic E-state index is 0.421. The minimum atomic E-state index is -0.450. The zero-order valence-corrected chi connectivity index (χ0v) is 7.74.